The standard InChI is InChI=1S/C37H47ClN4O6S/c1-25-6-3-8-33(46-2)30-12-9-28(30)20-42-22-37(15-4-7-26-18-29(38)11-13-31(26)37)23-48-34-14-10-27(19-32(34)42)35(43)39-49(45,21-25)40-36(44)41-16-5-17-47-24-41/h3,8,10-11,13-14,18-19,25,28,30,33H,4-7,9,12,15-17,20-24H2,1-2H3,(H,39,40,43,44,45)/b8-3+/t25-,28-,30+,33-,37-,49-/m0/s1. The first-order chi connectivity index (χ1) is 23.6. The summed E-state index contributed by atoms with van der Waals surface area (Å²) < 4.78 is 39.5. The number of allylic oxidation sites excluding steroid dienone is 1. The van der Waals surface area contributed by atoms with Crippen LogP contribution in [0.25, 0.3) is 0 Å². The van der Waals surface area contributed by atoms with Crippen LogP contribution in [0.4, 0.5) is 10.5 Å². The maximum atomic E-state index is 14.4. The van der Waals surface area contributed by atoms with Gasteiger partial charge in [0.2, 0.25) is 0 Å². The number of carbonyl (C=O) groups is 2. The maximum absolute atomic E-state index is 14.4. The fourth-order valence-corrected chi connectivity index (χ4v) is 10.4. The van der Waals surface area contributed by atoms with Gasteiger partial charge in [-0.15, -0.1) is 4.36 Å². The summed E-state index contributed by atoms with van der Waals surface area (Å²) in [7, 11) is -1.72. The zero-order valence-electron chi connectivity index (χ0n) is 28.4. The molecule has 1 N–H and O–H groups in total. The lowest BCUT2D eigenvalue weighted by Gasteiger charge is -2.46. The fraction of sp³-hybridized carbons (Fsp3) is 0.568. The lowest BCUT2D eigenvalue weighted by molar-refractivity contribution is 0.0102. The van der Waals surface area contributed by atoms with Crippen LogP contribution in [0.5, 0.6) is 5.75 Å². The predicted octanol–water partition coefficient (Wildman–Crippen LogP) is 6.36. The highest BCUT2D eigenvalue weighted by atomic mass is 35.5. The molecule has 3 heterocycles. The number of anilines is 1. The van der Waals surface area contributed by atoms with E-state index in [2.05, 4.69) is 38.3 Å². The Morgan fingerprint density at radius 2 is 2.06 bits per heavy atom. The number of ether oxygens (including phenoxy) is 3. The van der Waals surface area contributed by atoms with E-state index < -0.39 is 21.9 Å². The van der Waals surface area contributed by atoms with Gasteiger partial charge in [0.15, 0.2) is 0 Å². The minimum atomic E-state index is -3.48. The molecule has 0 radical (unpaired) electrons. The van der Waals surface area contributed by atoms with E-state index in [9.17, 15) is 13.8 Å². The summed E-state index contributed by atoms with van der Waals surface area (Å²) in [6.07, 6.45) is 10.6. The number of amides is 3. The van der Waals surface area contributed by atoms with Crippen molar-refractivity contribution in [2.75, 3.05) is 57.3 Å². The Kier molecular flexibility index (Phi) is 9.98. The second-order valence-corrected chi connectivity index (χ2v) is 17.0. The van der Waals surface area contributed by atoms with Gasteiger partial charge in [0.05, 0.1) is 30.8 Å². The fourth-order valence-electron chi connectivity index (χ4n) is 8.33. The monoisotopic (exact) mass is 710 g/mol. The summed E-state index contributed by atoms with van der Waals surface area (Å²) in [5.41, 5.74) is 3.43. The Labute approximate surface area is 294 Å². The van der Waals surface area contributed by atoms with Gasteiger partial charge in [0.1, 0.15) is 22.4 Å². The molecule has 3 aliphatic heterocycles. The number of rotatable bonds is 2. The van der Waals surface area contributed by atoms with Crippen LogP contribution in [0, 0.1) is 17.8 Å². The van der Waals surface area contributed by atoms with Gasteiger partial charge in [-0.2, -0.15) is 0 Å². The van der Waals surface area contributed by atoms with Crippen molar-refractivity contribution in [3.8, 4) is 5.75 Å². The third-order valence-corrected chi connectivity index (χ3v) is 13.2. The van der Waals surface area contributed by atoms with Crippen LogP contribution >= 0.6 is 11.6 Å². The molecule has 2 aromatic carbocycles. The lowest BCUT2D eigenvalue weighted by atomic mass is 9.68. The van der Waals surface area contributed by atoms with E-state index >= 15 is 0 Å². The molecule has 1 spiro atoms. The van der Waals surface area contributed by atoms with Crippen LogP contribution in [0.2, 0.25) is 5.02 Å². The van der Waals surface area contributed by atoms with Crippen molar-refractivity contribution in [3.05, 3.63) is 70.3 Å². The zero-order chi connectivity index (χ0) is 34.2. The summed E-state index contributed by atoms with van der Waals surface area (Å²) in [6.45, 7) is 5.14. The first kappa shape index (κ1) is 34.3. The van der Waals surface area contributed by atoms with Crippen molar-refractivity contribution in [1.82, 2.24) is 9.62 Å². The molecule has 5 aliphatic rings. The molecule has 0 aromatic heterocycles. The third-order valence-electron chi connectivity index (χ3n) is 11.0. The second kappa shape index (κ2) is 14.2. The van der Waals surface area contributed by atoms with Gasteiger partial charge in [0.25, 0.3) is 5.91 Å². The van der Waals surface area contributed by atoms with Gasteiger partial charge in [0, 0.05) is 42.7 Å². The topological polar surface area (TPSA) is 110 Å². The van der Waals surface area contributed by atoms with E-state index in [1.165, 1.54) is 16.0 Å². The molecule has 10 nitrogen and oxygen atoms in total. The van der Waals surface area contributed by atoms with Crippen molar-refractivity contribution in [2.24, 2.45) is 22.1 Å². The molecule has 7 rings (SSSR count). The average molecular weight is 711 g/mol. The van der Waals surface area contributed by atoms with Crippen molar-refractivity contribution in [3.63, 3.8) is 0 Å². The quantitative estimate of drug-likeness (QED) is 0.361. The summed E-state index contributed by atoms with van der Waals surface area (Å²) >= 11 is 6.45. The largest absolute Gasteiger partial charge is 0.490 e. The number of aryl methyl sites for hydroxylation is 1. The van der Waals surface area contributed by atoms with Crippen LogP contribution in [-0.2, 0) is 31.2 Å². The number of halogens is 1. The van der Waals surface area contributed by atoms with Gasteiger partial charge in [-0.25, -0.2) is 13.7 Å². The van der Waals surface area contributed by atoms with Crippen LogP contribution in [0.15, 0.2) is 52.9 Å². The average Bonchev–Trinajstić information content (AvgIpc) is 3.22. The molecule has 6 atom stereocenters. The number of benzene rings is 2. The smallest absolute Gasteiger partial charge is 0.331 e. The number of fused-ring (bicyclic) bond motifs is 4. The number of carbonyl (C=O) groups excluding carboxylic acids is 2. The highest BCUT2D eigenvalue weighted by Gasteiger charge is 2.44. The molecule has 1 saturated heterocycles. The number of urea groups is 1. The molecule has 264 valence electrons. The predicted molar refractivity (Wildman–Crippen MR) is 191 cm³/mol. The van der Waals surface area contributed by atoms with Gasteiger partial charge < -0.3 is 24.0 Å². The summed E-state index contributed by atoms with van der Waals surface area (Å²) in [5, 5.41) is 0.743. The SMILES string of the molecule is CO[C@H]1/C=C/C[C@H](C)C[S@@](=O)(NC(=O)N2CCCOC2)=NC(=O)c2ccc3c(c2)N(C[C@@H]2CC[C@H]21)C[C@@]1(CCCc2cc(Cl)ccc21)CO3. The van der Waals surface area contributed by atoms with Crippen LogP contribution in [-0.4, -0.2) is 79.6 Å². The van der Waals surface area contributed by atoms with Crippen molar-refractivity contribution < 1.29 is 28.0 Å². The van der Waals surface area contributed by atoms with Gasteiger partial charge in [-0.05, 0) is 104 Å². The van der Waals surface area contributed by atoms with Gasteiger partial charge in [-0.3, -0.25) is 4.79 Å². The number of nitrogens with one attached hydrogen (secondary N) is 1. The molecule has 2 fully saturated rings. The molecule has 2 aromatic rings. The Morgan fingerprint density at radius 1 is 1.18 bits per heavy atom. The Hall–Kier alpha value is -3.12. The summed E-state index contributed by atoms with van der Waals surface area (Å²) in [4.78, 5) is 31.0. The molecule has 2 aliphatic carbocycles. The molecule has 3 amide bonds. The van der Waals surface area contributed by atoms with E-state index in [4.69, 9.17) is 25.8 Å². The summed E-state index contributed by atoms with van der Waals surface area (Å²) in [6, 6.07) is 11.1. The second-order valence-electron chi connectivity index (χ2n) is 14.5. The Bertz CT molecular complexity index is 1740. The highest BCUT2D eigenvalue weighted by molar-refractivity contribution is 7.92. The van der Waals surface area contributed by atoms with Crippen LogP contribution in [0.1, 0.15) is 66.9 Å². The number of hydrogen-bond acceptors (Lipinski definition) is 7. The minimum absolute atomic E-state index is 0.0271. The number of methoxy groups -OCH3 is 1. The minimum Gasteiger partial charge on any atom is -0.490 e. The van der Waals surface area contributed by atoms with E-state index in [-0.39, 0.29) is 29.9 Å². The molecule has 12 heteroatoms. The maximum Gasteiger partial charge on any atom is 0.331 e. The molecule has 49 heavy (non-hydrogen) atoms. The molecular weight excluding hydrogens is 664 g/mol. The number of hydrogen-bond donors (Lipinski definition) is 1. The molecule has 2 bridgehead atoms. The van der Waals surface area contributed by atoms with E-state index in [1.807, 2.05) is 25.1 Å². The number of nitrogens with zero attached hydrogens (tertiary/aromatic N) is 3. The normalized spacial score (nSPS) is 32.4. The summed E-state index contributed by atoms with van der Waals surface area (Å²) in [5.74, 6) is 0.729. The van der Waals surface area contributed by atoms with E-state index in [1.54, 1.807) is 13.2 Å². The molecule has 0 unspecified atom stereocenters. The highest BCUT2D eigenvalue weighted by Crippen LogP contribution is 2.47. The molecular formula is C37H47ClN4O6S. The van der Waals surface area contributed by atoms with E-state index in [0.717, 1.165) is 55.9 Å². The molecule has 1 saturated carbocycles. The lowest BCUT2D eigenvalue weighted by Crippen LogP contribution is -2.49. The zero-order valence-corrected chi connectivity index (χ0v) is 30.0. The van der Waals surface area contributed by atoms with Crippen molar-refractivity contribution in [2.45, 2.75) is 63.4 Å². The van der Waals surface area contributed by atoms with Gasteiger partial charge >= 0.3 is 6.03 Å². The Balaban J connectivity index is 1.29. The first-order valence-electron chi connectivity index (χ1n) is 17.6. The van der Waals surface area contributed by atoms with Crippen LogP contribution < -0.4 is 14.4 Å². The van der Waals surface area contributed by atoms with Gasteiger partial charge in [-0.1, -0.05) is 36.7 Å². The third kappa shape index (κ3) is 7.22. The Morgan fingerprint density at radius 3 is 2.84 bits per heavy atom. The first-order valence-corrected chi connectivity index (χ1v) is 19.7. The van der Waals surface area contributed by atoms with Crippen LogP contribution in [0.3, 0.4) is 0 Å². The van der Waals surface area contributed by atoms with Crippen molar-refractivity contribution >= 4 is 39.1 Å². The van der Waals surface area contributed by atoms with E-state index in [0.29, 0.717) is 55.7 Å². The van der Waals surface area contributed by atoms with Crippen molar-refractivity contribution in [1.29, 1.82) is 0 Å².